The van der Waals surface area contributed by atoms with E-state index < -0.39 is 0 Å². The van der Waals surface area contributed by atoms with Crippen molar-refractivity contribution in [2.45, 2.75) is 25.8 Å². The third-order valence-corrected chi connectivity index (χ3v) is 2.53. The first kappa shape index (κ1) is 11.5. The van der Waals surface area contributed by atoms with Gasteiger partial charge in [-0.3, -0.25) is 0 Å². The lowest BCUT2D eigenvalue weighted by Gasteiger charge is -2.09. The summed E-state index contributed by atoms with van der Waals surface area (Å²) in [4.78, 5) is 7.30. The lowest BCUT2D eigenvalue weighted by atomic mass is 10.2. The Labute approximate surface area is 99.4 Å². The molecule has 0 spiro atoms. The maximum absolute atomic E-state index is 13.0. The Kier molecular flexibility index (Phi) is 3.29. The second-order valence-corrected chi connectivity index (χ2v) is 3.90. The highest BCUT2D eigenvalue weighted by Gasteiger charge is 2.07. The zero-order chi connectivity index (χ0) is 12.3. The number of aromatic amines is 1. The van der Waals surface area contributed by atoms with Crippen molar-refractivity contribution in [2.75, 3.05) is 5.32 Å². The molecule has 1 atom stereocenters. The van der Waals surface area contributed by atoms with Crippen molar-refractivity contribution in [3.63, 3.8) is 0 Å². The number of hydrogen-bond acceptors (Lipinski definition) is 2. The van der Waals surface area contributed by atoms with E-state index in [0.29, 0.717) is 11.5 Å². The van der Waals surface area contributed by atoms with Gasteiger partial charge in [0.15, 0.2) is 0 Å². The Balaban J connectivity index is 2.22. The Morgan fingerprint density at radius 3 is 3.12 bits per heavy atom. The lowest BCUT2D eigenvalue weighted by Crippen LogP contribution is -2.17. The van der Waals surface area contributed by atoms with Crippen LogP contribution in [0.3, 0.4) is 0 Å². The number of nitrogens with one attached hydrogen (secondary N) is 2. The second kappa shape index (κ2) is 4.88. The molecule has 2 rings (SSSR count). The number of benzene rings is 1. The number of aromatic nitrogens is 2. The van der Waals surface area contributed by atoms with Gasteiger partial charge in [0.2, 0.25) is 5.95 Å². The van der Waals surface area contributed by atoms with Crippen LogP contribution in [0.4, 0.5) is 10.3 Å². The molecule has 1 aromatic carbocycles. The van der Waals surface area contributed by atoms with Gasteiger partial charge in [-0.15, -0.1) is 6.42 Å². The Hall–Kier alpha value is -2.02. The second-order valence-electron chi connectivity index (χ2n) is 3.90. The highest BCUT2D eigenvalue weighted by Crippen LogP contribution is 2.16. The summed E-state index contributed by atoms with van der Waals surface area (Å²) in [5.74, 6) is 2.96. The summed E-state index contributed by atoms with van der Waals surface area (Å²) in [5.41, 5.74) is 1.39. The number of anilines is 1. The number of hydrogen-bond donors (Lipinski definition) is 2. The van der Waals surface area contributed by atoms with Crippen LogP contribution < -0.4 is 5.32 Å². The molecular weight excluding hydrogens is 217 g/mol. The molecule has 0 amide bonds. The van der Waals surface area contributed by atoms with Crippen molar-refractivity contribution in [2.24, 2.45) is 0 Å². The molecule has 0 saturated heterocycles. The molecule has 88 valence electrons. The molecule has 0 aliphatic carbocycles. The summed E-state index contributed by atoms with van der Waals surface area (Å²) in [6.45, 7) is 2.07. The Morgan fingerprint density at radius 2 is 2.41 bits per heavy atom. The number of H-pyrrole nitrogens is 1. The number of nitrogens with zero attached hydrogens (tertiary/aromatic N) is 1. The minimum absolute atomic E-state index is 0.0505. The first-order chi connectivity index (χ1) is 8.22. The van der Waals surface area contributed by atoms with Gasteiger partial charge in [-0.2, -0.15) is 0 Å². The highest BCUT2D eigenvalue weighted by atomic mass is 19.1. The largest absolute Gasteiger partial charge is 0.342 e. The van der Waals surface area contributed by atoms with Crippen LogP contribution in [-0.2, 0) is 0 Å². The SMILES string of the molecule is C#CC(CCC)Nc1nc2ccc(F)cc2[nH]1. The molecule has 1 aromatic heterocycles. The number of fused-ring (bicyclic) bond motifs is 1. The van der Waals surface area contributed by atoms with Gasteiger partial charge >= 0.3 is 0 Å². The summed E-state index contributed by atoms with van der Waals surface area (Å²) in [6, 6.07) is 4.39. The molecule has 0 bridgehead atoms. The van der Waals surface area contributed by atoms with Crippen LogP contribution in [0.25, 0.3) is 11.0 Å². The molecule has 17 heavy (non-hydrogen) atoms. The van der Waals surface area contributed by atoms with Crippen molar-refractivity contribution in [1.29, 1.82) is 0 Å². The molecule has 0 aliphatic heterocycles. The highest BCUT2D eigenvalue weighted by molar-refractivity contribution is 5.77. The molecule has 0 fully saturated rings. The van der Waals surface area contributed by atoms with E-state index in [0.717, 1.165) is 18.4 Å². The first-order valence-corrected chi connectivity index (χ1v) is 5.61. The van der Waals surface area contributed by atoms with Gasteiger partial charge in [0, 0.05) is 0 Å². The van der Waals surface area contributed by atoms with Crippen molar-refractivity contribution >= 4 is 17.0 Å². The molecule has 4 heteroatoms. The van der Waals surface area contributed by atoms with Crippen LogP contribution in [0.5, 0.6) is 0 Å². The predicted molar refractivity (Wildman–Crippen MR) is 67.2 cm³/mol. The monoisotopic (exact) mass is 231 g/mol. The van der Waals surface area contributed by atoms with E-state index >= 15 is 0 Å². The van der Waals surface area contributed by atoms with Gasteiger partial charge in [0.1, 0.15) is 5.82 Å². The summed E-state index contributed by atoms with van der Waals surface area (Å²) < 4.78 is 13.0. The van der Waals surface area contributed by atoms with Crippen molar-refractivity contribution in [3.8, 4) is 12.3 Å². The molecule has 1 heterocycles. The van der Waals surface area contributed by atoms with Gasteiger partial charge in [-0.25, -0.2) is 9.37 Å². The molecule has 3 nitrogen and oxygen atoms in total. The fourth-order valence-electron chi connectivity index (χ4n) is 1.70. The molecule has 0 aliphatic rings. The minimum atomic E-state index is -0.283. The smallest absolute Gasteiger partial charge is 0.202 e. The Bertz CT molecular complexity index is 553. The fraction of sp³-hybridized carbons (Fsp3) is 0.308. The van der Waals surface area contributed by atoms with Crippen molar-refractivity contribution < 1.29 is 4.39 Å². The number of terminal acetylenes is 1. The van der Waals surface area contributed by atoms with E-state index in [-0.39, 0.29) is 11.9 Å². The third-order valence-electron chi connectivity index (χ3n) is 2.53. The van der Waals surface area contributed by atoms with E-state index in [1.807, 2.05) is 0 Å². The normalized spacial score (nSPS) is 12.3. The zero-order valence-electron chi connectivity index (χ0n) is 9.63. The van der Waals surface area contributed by atoms with E-state index in [9.17, 15) is 4.39 Å². The summed E-state index contributed by atoms with van der Waals surface area (Å²) in [5, 5.41) is 3.11. The van der Waals surface area contributed by atoms with E-state index in [2.05, 4.69) is 28.1 Å². The fourth-order valence-corrected chi connectivity index (χ4v) is 1.70. The summed E-state index contributed by atoms with van der Waals surface area (Å²) in [6.07, 6.45) is 7.28. The first-order valence-electron chi connectivity index (χ1n) is 5.61. The van der Waals surface area contributed by atoms with Crippen LogP contribution in [-0.4, -0.2) is 16.0 Å². The summed E-state index contributed by atoms with van der Waals surface area (Å²) in [7, 11) is 0. The maximum Gasteiger partial charge on any atom is 0.202 e. The lowest BCUT2D eigenvalue weighted by molar-refractivity contribution is 0.629. The molecule has 2 aromatic rings. The molecule has 2 N–H and O–H groups in total. The number of rotatable bonds is 4. The summed E-state index contributed by atoms with van der Waals surface area (Å²) >= 11 is 0. The maximum atomic E-state index is 13.0. The van der Waals surface area contributed by atoms with Crippen LogP contribution in [0.1, 0.15) is 19.8 Å². The van der Waals surface area contributed by atoms with Crippen LogP contribution in [0.2, 0.25) is 0 Å². The van der Waals surface area contributed by atoms with Crippen LogP contribution >= 0.6 is 0 Å². The van der Waals surface area contributed by atoms with Gasteiger partial charge in [-0.1, -0.05) is 19.3 Å². The average Bonchev–Trinajstić information content (AvgIpc) is 2.69. The minimum Gasteiger partial charge on any atom is -0.342 e. The van der Waals surface area contributed by atoms with E-state index in [1.54, 1.807) is 6.07 Å². The third kappa shape index (κ3) is 2.56. The van der Waals surface area contributed by atoms with E-state index in [4.69, 9.17) is 6.42 Å². The number of imidazole rings is 1. The molecule has 1 unspecified atom stereocenters. The van der Waals surface area contributed by atoms with E-state index in [1.165, 1.54) is 12.1 Å². The van der Waals surface area contributed by atoms with Crippen LogP contribution in [0.15, 0.2) is 18.2 Å². The predicted octanol–water partition coefficient (Wildman–Crippen LogP) is 2.92. The number of halogens is 1. The van der Waals surface area contributed by atoms with Gasteiger partial charge in [0.25, 0.3) is 0 Å². The standard InChI is InChI=1S/C13H14FN3/c1-3-5-10(4-2)15-13-16-11-7-6-9(14)8-12(11)17-13/h2,6-8,10H,3,5H2,1H3,(H2,15,16,17). The quantitative estimate of drug-likeness (QED) is 0.794. The van der Waals surface area contributed by atoms with Crippen LogP contribution in [0, 0.1) is 18.2 Å². The molecule has 0 saturated carbocycles. The Morgan fingerprint density at radius 1 is 1.59 bits per heavy atom. The molecular formula is C13H14FN3. The van der Waals surface area contributed by atoms with Crippen molar-refractivity contribution in [1.82, 2.24) is 9.97 Å². The topological polar surface area (TPSA) is 40.7 Å². The average molecular weight is 231 g/mol. The van der Waals surface area contributed by atoms with Gasteiger partial charge < -0.3 is 10.3 Å². The molecule has 0 radical (unpaired) electrons. The zero-order valence-corrected chi connectivity index (χ0v) is 9.63. The van der Waals surface area contributed by atoms with Gasteiger partial charge in [-0.05, 0) is 24.6 Å². The van der Waals surface area contributed by atoms with Gasteiger partial charge in [0.05, 0.1) is 17.1 Å². The van der Waals surface area contributed by atoms with Crippen molar-refractivity contribution in [3.05, 3.63) is 24.0 Å².